The van der Waals surface area contributed by atoms with Gasteiger partial charge in [0.05, 0.1) is 12.1 Å². The molecule has 0 radical (unpaired) electrons. The first kappa shape index (κ1) is 11.9. The monoisotopic (exact) mass is 279 g/mol. The van der Waals surface area contributed by atoms with Crippen LogP contribution in [0, 0.1) is 0 Å². The zero-order chi connectivity index (χ0) is 11.5. The van der Waals surface area contributed by atoms with Crippen LogP contribution in [-0.2, 0) is 17.5 Å². The number of alkyl halides is 3. The molecule has 15 heavy (non-hydrogen) atoms. The minimum absolute atomic E-state index is 0.0161. The summed E-state index contributed by atoms with van der Waals surface area (Å²) in [7, 11) is 0. The summed E-state index contributed by atoms with van der Waals surface area (Å²) in [5.74, 6) is 0. The minimum Gasteiger partial charge on any atom is -0.211 e. The first-order chi connectivity index (χ1) is 6.95. The van der Waals surface area contributed by atoms with Crippen LogP contribution < -0.4 is 0 Å². The van der Waals surface area contributed by atoms with Gasteiger partial charge in [-0.15, -0.1) is 0 Å². The summed E-state index contributed by atoms with van der Waals surface area (Å²) in [4.78, 5) is 13.1. The molecule has 0 heterocycles. The molecule has 0 aromatic heterocycles. The van der Waals surface area contributed by atoms with E-state index >= 15 is 0 Å². The van der Waals surface area contributed by atoms with Crippen molar-refractivity contribution in [2.45, 2.75) is 12.7 Å². The largest absolute Gasteiger partial charge is 0.416 e. The quantitative estimate of drug-likeness (QED) is 0.603. The van der Waals surface area contributed by atoms with E-state index in [4.69, 9.17) is 0 Å². The molecule has 2 nitrogen and oxygen atoms in total. The van der Waals surface area contributed by atoms with E-state index in [9.17, 15) is 18.0 Å². The summed E-state index contributed by atoms with van der Waals surface area (Å²) in [5, 5.41) is 0. The molecule has 0 unspecified atom stereocenters. The third-order valence-electron chi connectivity index (χ3n) is 1.69. The predicted molar refractivity (Wildman–Crippen MR) is 51.0 cm³/mol. The molecular weight excluding hydrogens is 275 g/mol. The van der Waals surface area contributed by atoms with E-state index in [1.807, 2.05) is 0 Å². The average Bonchev–Trinajstić information content (AvgIpc) is 2.14. The fraction of sp³-hybridized carbons (Fsp3) is 0.222. The van der Waals surface area contributed by atoms with Crippen LogP contribution in [-0.4, -0.2) is 6.08 Å². The molecule has 0 aliphatic rings. The molecule has 0 bridgehead atoms. The molecule has 80 valence electrons. The lowest BCUT2D eigenvalue weighted by atomic mass is 10.1. The second kappa shape index (κ2) is 4.59. The summed E-state index contributed by atoms with van der Waals surface area (Å²) in [5.41, 5.74) is -0.237. The third-order valence-corrected chi connectivity index (χ3v) is 2.43. The molecule has 0 atom stereocenters. The van der Waals surface area contributed by atoms with Gasteiger partial charge in [0.1, 0.15) is 0 Å². The highest BCUT2D eigenvalue weighted by Gasteiger charge is 2.30. The van der Waals surface area contributed by atoms with Crippen LogP contribution in [0.2, 0.25) is 0 Å². The number of aliphatic imine (C=N–C) groups is 1. The van der Waals surface area contributed by atoms with Crippen LogP contribution in [0.1, 0.15) is 11.1 Å². The average molecular weight is 280 g/mol. The van der Waals surface area contributed by atoms with Crippen LogP contribution in [0.25, 0.3) is 0 Å². The van der Waals surface area contributed by atoms with Crippen molar-refractivity contribution in [2.24, 2.45) is 4.99 Å². The second-order valence-corrected chi connectivity index (χ2v) is 3.57. The third kappa shape index (κ3) is 3.18. The highest BCUT2D eigenvalue weighted by molar-refractivity contribution is 9.10. The Kier molecular flexibility index (Phi) is 3.66. The lowest BCUT2D eigenvalue weighted by Crippen LogP contribution is -2.05. The first-order valence-electron chi connectivity index (χ1n) is 3.84. The van der Waals surface area contributed by atoms with E-state index in [-0.39, 0.29) is 11.0 Å². The number of rotatable bonds is 2. The van der Waals surface area contributed by atoms with Gasteiger partial charge in [0.15, 0.2) is 0 Å². The van der Waals surface area contributed by atoms with E-state index < -0.39 is 11.7 Å². The van der Waals surface area contributed by atoms with Crippen molar-refractivity contribution in [3.63, 3.8) is 0 Å². The number of hydrogen-bond donors (Lipinski definition) is 0. The number of nitrogens with zero attached hydrogens (tertiary/aromatic N) is 1. The highest BCUT2D eigenvalue weighted by atomic mass is 79.9. The summed E-state index contributed by atoms with van der Waals surface area (Å²) < 4.78 is 37.0. The SMILES string of the molecule is O=C=NCc1ccc(C(F)(F)F)cc1Br. The maximum Gasteiger partial charge on any atom is 0.416 e. The highest BCUT2D eigenvalue weighted by Crippen LogP contribution is 2.32. The van der Waals surface area contributed by atoms with Gasteiger partial charge in [0.25, 0.3) is 0 Å². The lowest BCUT2D eigenvalue weighted by molar-refractivity contribution is -0.137. The summed E-state index contributed by atoms with van der Waals surface area (Å²) in [6.07, 6.45) is -3.05. The van der Waals surface area contributed by atoms with E-state index in [2.05, 4.69) is 20.9 Å². The van der Waals surface area contributed by atoms with Gasteiger partial charge in [-0.2, -0.15) is 13.2 Å². The van der Waals surface area contributed by atoms with Crippen LogP contribution in [0.4, 0.5) is 13.2 Å². The number of halogens is 4. The maximum atomic E-state index is 12.2. The molecule has 0 amide bonds. The van der Waals surface area contributed by atoms with E-state index in [1.54, 1.807) is 0 Å². The van der Waals surface area contributed by atoms with Gasteiger partial charge >= 0.3 is 6.18 Å². The molecule has 0 aliphatic heterocycles. The minimum atomic E-state index is -4.37. The van der Waals surface area contributed by atoms with Crippen molar-refractivity contribution in [2.75, 3.05) is 0 Å². The Bertz CT molecular complexity index is 410. The van der Waals surface area contributed by atoms with E-state index in [0.29, 0.717) is 5.56 Å². The maximum absolute atomic E-state index is 12.2. The molecule has 6 heteroatoms. The fourth-order valence-electron chi connectivity index (χ4n) is 0.969. The summed E-state index contributed by atoms with van der Waals surface area (Å²) >= 11 is 2.98. The van der Waals surface area contributed by atoms with Crippen molar-refractivity contribution in [3.05, 3.63) is 33.8 Å². The van der Waals surface area contributed by atoms with Gasteiger partial charge in [-0.25, -0.2) is 9.79 Å². The Morgan fingerprint density at radius 1 is 1.40 bits per heavy atom. The number of carbonyl (C=O) groups excluding carboxylic acids is 1. The number of benzene rings is 1. The lowest BCUT2D eigenvalue weighted by Gasteiger charge is -2.08. The molecule has 1 aromatic rings. The molecular formula is C9H5BrF3NO. The van der Waals surface area contributed by atoms with Gasteiger partial charge in [0, 0.05) is 4.47 Å². The zero-order valence-corrected chi connectivity index (χ0v) is 8.89. The fourth-order valence-corrected chi connectivity index (χ4v) is 1.47. The molecule has 0 saturated carbocycles. The Balaban J connectivity index is 3.03. The van der Waals surface area contributed by atoms with Crippen molar-refractivity contribution in [1.82, 2.24) is 0 Å². The molecule has 0 saturated heterocycles. The zero-order valence-electron chi connectivity index (χ0n) is 7.31. The van der Waals surface area contributed by atoms with Gasteiger partial charge < -0.3 is 0 Å². The molecule has 0 aliphatic carbocycles. The number of isocyanates is 1. The molecule has 1 aromatic carbocycles. The first-order valence-corrected chi connectivity index (χ1v) is 4.63. The van der Waals surface area contributed by atoms with Gasteiger partial charge in [-0.05, 0) is 17.7 Å². The smallest absolute Gasteiger partial charge is 0.211 e. The van der Waals surface area contributed by atoms with Crippen LogP contribution in [0.5, 0.6) is 0 Å². The van der Waals surface area contributed by atoms with Crippen LogP contribution in [0.3, 0.4) is 0 Å². The molecule has 1 rings (SSSR count). The Hall–Kier alpha value is -1.13. The normalized spacial score (nSPS) is 10.9. The molecule has 0 spiro atoms. The standard InChI is InChI=1S/C9H5BrF3NO/c10-8-3-7(9(11,12)13)2-1-6(8)4-14-5-15/h1-3H,4H2. The predicted octanol–water partition coefficient (Wildman–Crippen LogP) is 3.30. The van der Waals surface area contributed by atoms with Crippen LogP contribution >= 0.6 is 15.9 Å². The van der Waals surface area contributed by atoms with Crippen molar-refractivity contribution < 1.29 is 18.0 Å². The summed E-state index contributed by atoms with van der Waals surface area (Å²) in [6.45, 7) is 0.0161. The summed E-state index contributed by atoms with van der Waals surface area (Å²) in [6, 6.07) is 3.17. The van der Waals surface area contributed by atoms with Gasteiger partial charge in [-0.3, -0.25) is 0 Å². The Morgan fingerprint density at radius 2 is 2.07 bits per heavy atom. The second-order valence-electron chi connectivity index (χ2n) is 2.71. The van der Waals surface area contributed by atoms with Crippen molar-refractivity contribution in [3.8, 4) is 0 Å². The van der Waals surface area contributed by atoms with Crippen molar-refractivity contribution >= 4 is 22.0 Å². The van der Waals surface area contributed by atoms with Gasteiger partial charge in [-0.1, -0.05) is 22.0 Å². The van der Waals surface area contributed by atoms with E-state index in [1.165, 1.54) is 12.1 Å². The Morgan fingerprint density at radius 3 is 2.53 bits per heavy atom. The van der Waals surface area contributed by atoms with Crippen LogP contribution in [0.15, 0.2) is 27.7 Å². The Labute approximate surface area is 91.9 Å². The molecule has 0 N–H and O–H groups in total. The van der Waals surface area contributed by atoms with Gasteiger partial charge in [0.2, 0.25) is 6.08 Å². The topological polar surface area (TPSA) is 29.4 Å². The van der Waals surface area contributed by atoms with Crippen molar-refractivity contribution in [1.29, 1.82) is 0 Å². The van der Waals surface area contributed by atoms with E-state index in [0.717, 1.165) is 12.1 Å². The number of hydrogen-bond acceptors (Lipinski definition) is 2. The molecule has 0 fully saturated rings.